The van der Waals surface area contributed by atoms with Crippen LogP contribution >= 0.6 is 11.3 Å². The molecule has 14 rings (SSSR count). The molecule has 3 heterocycles. The standard InChI is InChI=1S/C63H45BN2S/c1-38-22-28-44(29-23-38)65-55-37-43(47-17-9-8-16-46(47)42-14-6-5-7-15-42)27-33-54(55)64-59-56(65)35-41(4)36-57(59)66(45-30-24-39(2)25-31-45)60-58-50-32-26-40(3)34-53(50)63(61(58)67-62(60)64)51-20-12-10-18-48(51)49-19-11-13-21-52(49)63/h5-37H,1-4H3. The topological polar surface area (TPSA) is 6.48 Å². The Kier molecular flexibility index (Phi) is 8.17. The lowest BCUT2D eigenvalue weighted by Gasteiger charge is -2.44. The average Bonchev–Trinajstić information content (AvgIpc) is 3.98. The first-order valence-corrected chi connectivity index (χ1v) is 24.3. The first kappa shape index (κ1) is 38.6. The number of aryl methyl sites for hydroxylation is 4. The minimum Gasteiger partial charge on any atom is -0.311 e. The van der Waals surface area contributed by atoms with Crippen LogP contribution in [-0.4, -0.2) is 6.71 Å². The van der Waals surface area contributed by atoms with Gasteiger partial charge in [-0.1, -0.05) is 174 Å². The molecule has 0 saturated carbocycles. The highest BCUT2D eigenvalue weighted by molar-refractivity contribution is 7.30. The van der Waals surface area contributed by atoms with Crippen molar-refractivity contribution in [3.63, 3.8) is 0 Å². The van der Waals surface area contributed by atoms with Crippen LogP contribution in [0.2, 0.25) is 0 Å². The molecule has 67 heavy (non-hydrogen) atoms. The molecule has 0 atom stereocenters. The van der Waals surface area contributed by atoms with Crippen molar-refractivity contribution in [3.05, 3.63) is 244 Å². The van der Waals surface area contributed by atoms with Crippen LogP contribution < -0.4 is 25.5 Å². The van der Waals surface area contributed by atoms with Crippen molar-refractivity contribution in [3.8, 4) is 44.5 Å². The van der Waals surface area contributed by atoms with Gasteiger partial charge < -0.3 is 9.80 Å². The maximum Gasteiger partial charge on any atom is 0.264 e. The van der Waals surface area contributed by atoms with Crippen LogP contribution in [0.15, 0.2) is 200 Å². The Labute approximate surface area is 397 Å². The summed E-state index contributed by atoms with van der Waals surface area (Å²) in [6.07, 6.45) is 0. The summed E-state index contributed by atoms with van der Waals surface area (Å²) in [5, 5.41) is 0. The minimum absolute atomic E-state index is 0.00847. The zero-order valence-electron chi connectivity index (χ0n) is 37.9. The van der Waals surface area contributed by atoms with Gasteiger partial charge in [-0.25, -0.2) is 0 Å². The SMILES string of the molecule is Cc1ccc(N2c3cc(-c4ccccc4-c4ccccc4)ccc3B3c4sc5c(c4N(c4ccc(C)cc4)c4cc(C)cc2c43)-c2ccc(C)cc2C52c3ccccc3-c3ccccc32)cc1. The van der Waals surface area contributed by atoms with Gasteiger partial charge in [-0.05, 0) is 142 Å². The maximum absolute atomic E-state index is 2.64. The zero-order valence-corrected chi connectivity index (χ0v) is 38.7. The van der Waals surface area contributed by atoms with E-state index in [1.54, 1.807) is 0 Å². The van der Waals surface area contributed by atoms with Gasteiger partial charge >= 0.3 is 0 Å². The third-order valence-electron chi connectivity index (χ3n) is 15.1. The van der Waals surface area contributed by atoms with E-state index in [1.807, 2.05) is 0 Å². The van der Waals surface area contributed by atoms with E-state index in [0.717, 1.165) is 5.69 Å². The predicted octanol–water partition coefficient (Wildman–Crippen LogP) is 14.7. The molecule has 0 fully saturated rings. The Balaban J connectivity index is 1.11. The van der Waals surface area contributed by atoms with Crippen LogP contribution in [0, 0.1) is 27.7 Å². The van der Waals surface area contributed by atoms with E-state index < -0.39 is 5.41 Å². The minimum atomic E-state index is -0.452. The average molecular weight is 873 g/mol. The van der Waals surface area contributed by atoms with Gasteiger partial charge in [0.15, 0.2) is 0 Å². The molecule has 10 aromatic rings. The fourth-order valence-corrected chi connectivity index (χ4v) is 13.9. The van der Waals surface area contributed by atoms with Gasteiger partial charge in [-0.15, -0.1) is 11.3 Å². The number of thiophene rings is 1. The summed E-state index contributed by atoms with van der Waals surface area (Å²) in [6.45, 7) is 8.90. The van der Waals surface area contributed by atoms with Gasteiger partial charge in [-0.2, -0.15) is 0 Å². The van der Waals surface area contributed by atoms with E-state index in [4.69, 9.17) is 0 Å². The van der Waals surface area contributed by atoms with Crippen LogP contribution in [-0.2, 0) is 5.41 Å². The van der Waals surface area contributed by atoms with Gasteiger partial charge in [0.25, 0.3) is 6.71 Å². The van der Waals surface area contributed by atoms with Crippen molar-refractivity contribution in [2.45, 2.75) is 33.1 Å². The largest absolute Gasteiger partial charge is 0.311 e. The molecule has 0 N–H and O–H groups in total. The van der Waals surface area contributed by atoms with Gasteiger partial charge in [0.05, 0.1) is 11.1 Å². The van der Waals surface area contributed by atoms with Crippen LogP contribution in [0.5, 0.6) is 0 Å². The van der Waals surface area contributed by atoms with E-state index in [1.165, 1.54) is 132 Å². The lowest BCUT2D eigenvalue weighted by Crippen LogP contribution is -2.60. The Morgan fingerprint density at radius 2 is 0.955 bits per heavy atom. The van der Waals surface area contributed by atoms with Crippen molar-refractivity contribution in [1.82, 2.24) is 0 Å². The highest BCUT2D eigenvalue weighted by Crippen LogP contribution is 2.67. The molecule has 1 aromatic heterocycles. The summed E-state index contributed by atoms with van der Waals surface area (Å²) in [6, 6.07) is 76.0. The molecule has 1 spiro atoms. The molecule has 0 amide bonds. The van der Waals surface area contributed by atoms with Crippen LogP contribution in [0.1, 0.15) is 43.8 Å². The first-order chi connectivity index (χ1) is 32.9. The van der Waals surface area contributed by atoms with E-state index in [0.29, 0.717) is 0 Å². The Morgan fingerprint density at radius 3 is 1.61 bits per heavy atom. The van der Waals surface area contributed by atoms with Gasteiger partial charge in [-0.3, -0.25) is 0 Å². The maximum atomic E-state index is 2.64. The van der Waals surface area contributed by atoms with Crippen LogP contribution in [0.3, 0.4) is 0 Å². The number of benzene rings is 9. The fourth-order valence-electron chi connectivity index (χ4n) is 12.2. The lowest BCUT2D eigenvalue weighted by atomic mass is 9.36. The van der Waals surface area contributed by atoms with Gasteiger partial charge in [0.2, 0.25) is 0 Å². The summed E-state index contributed by atoms with van der Waals surface area (Å²) in [4.78, 5) is 6.63. The fraction of sp³-hybridized carbons (Fsp3) is 0.0794. The molecule has 4 aliphatic rings. The molecular formula is C63H45BN2S. The number of rotatable bonds is 4. The summed E-state index contributed by atoms with van der Waals surface area (Å²) < 4.78 is 1.40. The van der Waals surface area contributed by atoms with Crippen molar-refractivity contribution < 1.29 is 0 Å². The summed E-state index contributed by atoms with van der Waals surface area (Å²) in [5.41, 5.74) is 29.0. The molecule has 9 aromatic carbocycles. The molecule has 2 aliphatic carbocycles. The number of fused-ring (bicyclic) bond motifs is 15. The Bertz CT molecular complexity index is 3650. The molecule has 0 unspecified atom stereocenters. The smallest absolute Gasteiger partial charge is 0.264 e. The van der Waals surface area contributed by atoms with E-state index in [9.17, 15) is 0 Å². The summed E-state index contributed by atoms with van der Waals surface area (Å²) in [7, 11) is 0. The quantitative estimate of drug-likeness (QED) is 0.163. The molecule has 0 saturated heterocycles. The molecule has 4 heteroatoms. The van der Waals surface area contributed by atoms with Crippen molar-refractivity contribution in [2.75, 3.05) is 9.80 Å². The number of hydrogen-bond donors (Lipinski definition) is 0. The number of hydrogen-bond acceptors (Lipinski definition) is 3. The zero-order chi connectivity index (χ0) is 44.7. The summed E-state index contributed by atoms with van der Waals surface area (Å²) in [5.74, 6) is 0. The second kappa shape index (κ2) is 14.2. The molecule has 0 bridgehead atoms. The van der Waals surface area contributed by atoms with Crippen LogP contribution in [0.25, 0.3) is 44.5 Å². The Morgan fingerprint density at radius 1 is 0.403 bits per heavy atom. The number of anilines is 6. The highest BCUT2D eigenvalue weighted by Gasteiger charge is 2.57. The lowest BCUT2D eigenvalue weighted by molar-refractivity contribution is 0.810. The first-order valence-electron chi connectivity index (χ1n) is 23.5. The Hall–Kier alpha value is -7.66. The van der Waals surface area contributed by atoms with E-state index in [-0.39, 0.29) is 6.71 Å². The monoisotopic (exact) mass is 872 g/mol. The normalized spacial score (nSPS) is 14.0. The van der Waals surface area contributed by atoms with Crippen molar-refractivity contribution in [2.24, 2.45) is 0 Å². The molecule has 316 valence electrons. The van der Waals surface area contributed by atoms with Crippen LogP contribution in [0.4, 0.5) is 34.1 Å². The molecule has 0 radical (unpaired) electrons. The molecular weight excluding hydrogens is 828 g/mol. The van der Waals surface area contributed by atoms with Crippen molar-refractivity contribution in [1.29, 1.82) is 0 Å². The van der Waals surface area contributed by atoms with Crippen molar-refractivity contribution >= 4 is 67.9 Å². The molecule has 2 aliphatic heterocycles. The van der Waals surface area contributed by atoms with Gasteiger partial charge in [0.1, 0.15) is 0 Å². The second-order valence-electron chi connectivity index (χ2n) is 19.1. The highest BCUT2D eigenvalue weighted by atomic mass is 32.1. The third kappa shape index (κ3) is 5.28. The van der Waals surface area contributed by atoms with E-state index in [2.05, 4.69) is 249 Å². The number of nitrogens with zero attached hydrogens (tertiary/aromatic N) is 2. The third-order valence-corrected chi connectivity index (χ3v) is 16.4. The van der Waals surface area contributed by atoms with Gasteiger partial charge in [0, 0.05) is 43.7 Å². The second-order valence-corrected chi connectivity index (χ2v) is 20.1. The summed E-state index contributed by atoms with van der Waals surface area (Å²) >= 11 is 2.06. The van der Waals surface area contributed by atoms with E-state index >= 15 is 0 Å². The predicted molar refractivity (Wildman–Crippen MR) is 284 cm³/mol. The molecule has 2 nitrogen and oxygen atoms in total.